The molecule has 0 atom stereocenters. The Morgan fingerprint density at radius 1 is 1.42 bits per heavy atom. The highest BCUT2D eigenvalue weighted by atomic mass is 16.5. The summed E-state index contributed by atoms with van der Waals surface area (Å²) in [4.78, 5) is 15.5. The molecule has 1 heterocycles. The van der Waals surface area contributed by atoms with Crippen molar-refractivity contribution in [2.45, 2.75) is 19.4 Å². The molecule has 0 bridgehead atoms. The molecule has 0 aliphatic heterocycles. The fourth-order valence-corrected chi connectivity index (χ4v) is 1.77. The first-order valence-electron chi connectivity index (χ1n) is 6.20. The van der Waals surface area contributed by atoms with Gasteiger partial charge in [-0.3, -0.25) is 4.79 Å². The Kier molecular flexibility index (Phi) is 4.55. The number of hydrogen-bond acceptors (Lipinski definition) is 4. The van der Waals surface area contributed by atoms with E-state index in [4.69, 9.17) is 10.5 Å². The third-order valence-corrected chi connectivity index (χ3v) is 2.68. The quantitative estimate of drug-likeness (QED) is 0.486. The molecule has 2 aromatic rings. The van der Waals surface area contributed by atoms with Crippen molar-refractivity contribution in [3.63, 3.8) is 0 Å². The molecule has 0 aliphatic carbocycles. The molecule has 19 heavy (non-hydrogen) atoms. The molecule has 0 unspecified atom stereocenters. The fourth-order valence-electron chi connectivity index (χ4n) is 1.77. The van der Waals surface area contributed by atoms with Gasteiger partial charge in [0.15, 0.2) is 0 Å². The molecular formula is C14H17N3O2. The largest absolute Gasteiger partial charge is 0.465 e. The van der Waals surface area contributed by atoms with Crippen molar-refractivity contribution in [2.24, 2.45) is 0 Å². The van der Waals surface area contributed by atoms with Crippen molar-refractivity contribution in [1.29, 1.82) is 0 Å². The van der Waals surface area contributed by atoms with Crippen LogP contribution in [0.5, 0.6) is 0 Å². The average molecular weight is 259 g/mol. The van der Waals surface area contributed by atoms with E-state index in [2.05, 4.69) is 4.98 Å². The summed E-state index contributed by atoms with van der Waals surface area (Å²) < 4.78 is 7.12. The summed E-state index contributed by atoms with van der Waals surface area (Å²) in [5.74, 6) is -0.226. The maximum absolute atomic E-state index is 11.6. The van der Waals surface area contributed by atoms with Crippen LogP contribution in [-0.4, -0.2) is 22.1 Å². The van der Waals surface area contributed by atoms with Gasteiger partial charge in [0.25, 0.3) is 0 Å². The number of nitrogen functional groups attached to an aromatic ring is 1. The topological polar surface area (TPSA) is 70.1 Å². The number of aryl methyl sites for hydroxylation is 1. The Bertz CT molecular complexity index is 523. The number of benzene rings is 1. The van der Waals surface area contributed by atoms with E-state index in [0.29, 0.717) is 12.3 Å². The van der Waals surface area contributed by atoms with E-state index in [0.717, 1.165) is 18.5 Å². The minimum Gasteiger partial charge on any atom is -0.465 e. The van der Waals surface area contributed by atoms with Gasteiger partial charge in [0, 0.05) is 24.6 Å². The summed E-state index contributed by atoms with van der Waals surface area (Å²) in [5.41, 5.74) is 7.18. The number of rotatable bonds is 6. The van der Waals surface area contributed by atoms with E-state index < -0.39 is 0 Å². The predicted molar refractivity (Wildman–Crippen MR) is 72.4 cm³/mol. The summed E-state index contributed by atoms with van der Waals surface area (Å²) in [7, 11) is 0. The Labute approximate surface area is 112 Å². The summed E-state index contributed by atoms with van der Waals surface area (Å²) in [5, 5.41) is 0. The number of nitrogens with zero attached hydrogens (tertiary/aromatic N) is 2. The molecule has 5 nitrogen and oxygen atoms in total. The van der Waals surface area contributed by atoms with Gasteiger partial charge < -0.3 is 15.0 Å². The molecule has 1 aromatic carbocycles. The van der Waals surface area contributed by atoms with Gasteiger partial charge in [-0.1, -0.05) is 12.1 Å². The molecule has 5 heteroatoms. The summed E-state index contributed by atoms with van der Waals surface area (Å²) >= 11 is 0. The molecule has 2 rings (SSSR count). The van der Waals surface area contributed by atoms with Gasteiger partial charge in [0.05, 0.1) is 19.4 Å². The number of esters is 1. The Balaban J connectivity index is 1.67. The van der Waals surface area contributed by atoms with Gasteiger partial charge in [0.2, 0.25) is 0 Å². The minimum absolute atomic E-state index is 0.226. The van der Waals surface area contributed by atoms with Crippen molar-refractivity contribution in [3.05, 3.63) is 48.5 Å². The van der Waals surface area contributed by atoms with Crippen LogP contribution in [0.25, 0.3) is 0 Å². The zero-order valence-electron chi connectivity index (χ0n) is 10.7. The maximum Gasteiger partial charge on any atom is 0.310 e. The second kappa shape index (κ2) is 6.58. The number of ether oxygens (including phenoxy) is 1. The first-order valence-corrected chi connectivity index (χ1v) is 6.20. The minimum atomic E-state index is -0.226. The molecular weight excluding hydrogens is 242 g/mol. The molecule has 1 aromatic heterocycles. The molecule has 0 spiro atoms. The van der Waals surface area contributed by atoms with E-state index >= 15 is 0 Å². The van der Waals surface area contributed by atoms with Gasteiger partial charge >= 0.3 is 5.97 Å². The number of imidazole rings is 1. The lowest BCUT2D eigenvalue weighted by Crippen LogP contribution is -2.10. The second-order valence-corrected chi connectivity index (χ2v) is 4.30. The number of aromatic nitrogens is 2. The lowest BCUT2D eigenvalue weighted by Gasteiger charge is -2.06. The van der Waals surface area contributed by atoms with Crippen LogP contribution < -0.4 is 5.73 Å². The smallest absolute Gasteiger partial charge is 0.310 e. The second-order valence-electron chi connectivity index (χ2n) is 4.30. The highest BCUT2D eigenvalue weighted by Crippen LogP contribution is 2.07. The number of carbonyl (C=O) groups is 1. The number of hydrogen-bond donors (Lipinski definition) is 1. The van der Waals surface area contributed by atoms with Crippen LogP contribution in [0.15, 0.2) is 43.0 Å². The predicted octanol–water partition coefficient (Wildman–Crippen LogP) is 1.64. The molecule has 0 radical (unpaired) electrons. The van der Waals surface area contributed by atoms with Crippen molar-refractivity contribution in [3.8, 4) is 0 Å². The van der Waals surface area contributed by atoms with Crippen LogP contribution in [0.4, 0.5) is 5.69 Å². The number of carbonyl (C=O) groups excluding carboxylic acids is 1. The van der Waals surface area contributed by atoms with Gasteiger partial charge in [-0.05, 0) is 24.1 Å². The van der Waals surface area contributed by atoms with E-state index in [1.54, 1.807) is 24.7 Å². The van der Waals surface area contributed by atoms with Gasteiger partial charge in [0.1, 0.15) is 0 Å². The molecule has 0 aliphatic rings. The molecule has 0 saturated heterocycles. The van der Waals surface area contributed by atoms with Gasteiger partial charge in [-0.25, -0.2) is 4.98 Å². The summed E-state index contributed by atoms with van der Waals surface area (Å²) in [6.45, 7) is 1.21. The standard InChI is InChI=1S/C14H17N3O2/c15-13-4-1-3-12(9-13)10-14(18)19-8-2-6-17-7-5-16-11-17/h1,3-5,7,9,11H,2,6,8,10,15H2. The number of anilines is 1. The zero-order valence-corrected chi connectivity index (χ0v) is 10.7. The first kappa shape index (κ1) is 13.1. The Morgan fingerprint density at radius 2 is 2.32 bits per heavy atom. The highest BCUT2D eigenvalue weighted by Gasteiger charge is 2.04. The van der Waals surface area contributed by atoms with Crippen LogP contribution in [0.3, 0.4) is 0 Å². The molecule has 0 fully saturated rings. The normalized spacial score (nSPS) is 10.3. The molecule has 100 valence electrons. The maximum atomic E-state index is 11.6. The van der Waals surface area contributed by atoms with Crippen LogP contribution in [0.1, 0.15) is 12.0 Å². The van der Waals surface area contributed by atoms with Crippen LogP contribution in [-0.2, 0) is 22.5 Å². The SMILES string of the molecule is Nc1cccc(CC(=O)OCCCn2ccnc2)c1. The average Bonchev–Trinajstić information content (AvgIpc) is 2.88. The zero-order chi connectivity index (χ0) is 13.5. The van der Waals surface area contributed by atoms with E-state index in [-0.39, 0.29) is 12.4 Å². The van der Waals surface area contributed by atoms with E-state index in [9.17, 15) is 4.79 Å². The fraction of sp³-hybridized carbons (Fsp3) is 0.286. The third-order valence-electron chi connectivity index (χ3n) is 2.68. The van der Waals surface area contributed by atoms with E-state index in [1.165, 1.54) is 0 Å². The van der Waals surface area contributed by atoms with E-state index in [1.807, 2.05) is 22.9 Å². The van der Waals surface area contributed by atoms with Crippen molar-refractivity contribution in [2.75, 3.05) is 12.3 Å². The monoisotopic (exact) mass is 259 g/mol. The first-order chi connectivity index (χ1) is 9.24. The lowest BCUT2D eigenvalue weighted by molar-refractivity contribution is -0.142. The van der Waals surface area contributed by atoms with Crippen molar-refractivity contribution in [1.82, 2.24) is 9.55 Å². The molecule has 0 amide bonds. The third kappa shape index (κ3) is 4.46. The van der Waals surface area contributed by atoms with Crippen molar-refractivity contribution >= 4 is 11.7 Å². The van der Waals surface area contributed by atoms with Crippen LogP contribution in [0, 0.1) is 0 Å². The lowest BCUT2D eigenvalue weighted by atomic mass is 10.1. The summed E-state index contributed by atoms with van der Waals surface area (Å²) in [6.07, 6.45) is 6.39. The van der Waals surface area contributed by atoms with Crippen LogP contribution >= 0.6 is 0 Å². The number of nitrogens with two attached hydrogens (primary N) is 1. The molecule has 2 N–H and O–H groups in total. The Hall–Kier alpha value is -2.30. The highest BCUT2D eigenvalue weighted by molar-refractivity contribution is 5.72. The van der Waals surface area contributed by atoms with Gasteiger partial charge in [-0.2, -0.15) is 0 Å². The summed E-state index contributed by atoms with van der Waals surface area (Å²) in [6, 6.07) is 7.27. The van der Waals surface area contributed by atoms with Gasteiger partial charge in [-0.15, -0.1) is 0 Å². The Morgan fingerprint density at radius 3 is 3.05 bits per heavy atom. The van der Waals surface area contributed by atoms with Crippen molar-refractivity contribution < 1.29 is 9.53 Å². The molecule has 0 saturated carbocycles. The van der Waals surface area contributed by atoms with Crippen LogP contribution in [0.2, 0.25) is 0 Å².